The summed E-state index contributed by atoms with van der Waals surface area (Å²) in [7, 11) is -1.67. The Morgan fingerprint density at radius 3 is 2.39 bits per heavy atom. The van der Waals surface area contributed by atoms with Gasteiger partial charge in [0.15, 0.2) is 19.8 Å². The molecule has 1 fully saturated rings. The summed E-state index contributed by atoms with van der Waals surface area (Å²) in [6.45, 7) is 12.9. The number of fused-ring (bicyclic) bond motifs is 2. The van der Waals surface area contributed by atoms with Crippen LogP contribution in [0.5, 0.6) is 11.5 Å². The molecule has 0 radical (unpaired) electrons. The Hall–Kier alpha value is -1.52. The Balaban J connectivity index is 1.42. The van der Waals surface area contributed by atoms with Gasteiger partial charge < -0.3 is 13.9 Å². The van der Waals surface area contributed by atoms with Crippen molar-refractivity contribution in [2.45, 2.75) is 51.7 Å². The number of ether oxygens (including phenoxy) is 2. The average Bonchev–Trinajstić information content (AvgIpc) is 3.10. The van der Waals surface area contributed by atoms with Crippen LogP contribution >= 0.6 is 0 Å². The van der Waals surface area contributed by atoms with Crippen molar-refractivity contribution in [2.24, 2.45) is 23.7 Å². The first kappa shape index (κ1) is 19.8. The molecule has 28 heavy (non-hydrogen) atoms. The predicted molar refractivity (Wildman–Crippen MR) is 116 cm³/mol. The summed E-state index contributed by atoms with van der Waals surface area (Å²) >= 11 is 0. The van der Waals surface area contributed by atoms with Gasteiger partial charge in [0.25, 0.3) is 0 Å². The largest absolute Gasteiger partial charge is 0.454 e. The van der Waals surface area contributed by atoms with E-state index in [-0.39, 0.29) is 5.04 Å². The summed E-state index contributed by atoms with van der Waals surface area (Å²) in [6.07, 6.45) is 11.5. The minimum atomic E-state index is -1.67. The van der Waals surface area contributed by atoms with E-state index < -0.39 is 8.32 Å². The van der Waals surface area contributed by atoms with E-state index in [1.807, 2.05) is 0 Å². The third-order valence-electron chi connectivity index (χ3n) is 7.39. The number of benzene rings is 1. The molecule has 1 aromatic carbocycles. The Bertz CT molecular complexity index is 775. The number of allylic oxidation sites excluding steroid dienone is 4. The van der Waals surface area contributed by atoms with Crippen LogP contribution in [0.4, 0.5) is 0 Å². The van der Waals surface area contributed by atoms with Crippen LogP contribution in [0.1, 0.15) is 32.8 Å². The summed E-state index contributed by atoms with van der Waals surface area (Å²) in [6, 6.07) is 6.42. The lowest BCUT2D eigenvalue weighted by molar-refractivity contribution is 0.0232. The Morgan fingerprint density at radius 2 is 1.68 bits per heavy atom. The minimum Gasteiger partial charge on any atom is -0.454 e. The van der Waals surface area contributed by atoms with E-state index in [1.165, 1.54) is 5.56 Å². The van der Waals surface area contributed by atoms with Gasteiger partial charge in [-0.1, -0.05) is 51.1 Å². The van der Waals surface area contributed by atoms with Gasteiger partial charge in [-0.3, -0.25) is 0 Å². The minimum absolute atomic E-state index is 0.272. The molecular formula is C24H34O3Si. The monoisotopic (exact) mass is 398 g/mol. The van der Waals surface area contributed by atoms with Crippen LogP contribution in [0.3, 0.4) is 0 Å². The summed E-state index contributed by atoms with van der Waals surface area (Å²) in [5.74, 6) is 4.47. The zero-order valence-electron chi connectivity index (χ0n) is 17.9. The molecule has 2 aliphatic carbocycles. The molecule has 0 saturated heterocycles. The predicted octanol–water partition coefficient (Wildman–Crippen LogP) is 5.97. The lowest BCUT2D eigenvalue weighted by atomic mass is 9.53. The number of hydrogen-bond acceptors (Lipinski definition) is 3. The molecule has 0 spiro atoms. The van der Waals surface area contributed by atoms with Gasteiger partial charge in [0.05, 0.1) is 0 Å². The molecule has 0 unspecified atom stereocenters. The maximum Gasteiger partial charge on any atom is 0.231 e. The van der Waals surface area contributed by atoms with Gasteiger partial charge in [-0.25, -0.2) is 0 Å². The summed E-state index contributed by atoms with van der Waals surface area (Å²) in [5.41, 5.74) is 1.35. The molecule has 4 heteroatoms. The summed E-state index contributed by atoms with van der Waals surface area (Å²) < 4.78 is 17.5. The van der Waals surface area contributed by atoms with Crippen LogP contribution in [0, 0.1) is 23.7 Å². The zero-order chi connectivity index (χ0) is 19.9. The molecule has 1 aromatic rings. The van der Waals surface area contributed by atoms with Crippen molar-refractivity contribution < 1.29 is 13.9 Å². The van der Waals surface area contributed by atoms with Crippen molar-refractivity contribution in [3.05, 3.63) is 48.1 Å². The first-order valence-corrected chi connectivity index (χ1v) is 13.5. The highest BCUT2D eigenvalue weighted by Crippen LogP contribution is 2.52. The van der Waals surface area contributed by atoms with Gasteiger partial charge in [0.2, 0.25) is 6.79 Å². The van der Waals surface area contributed by atoms with Crippen molar-refractivity contribution in [2.75, 3.05) is 13.4 Å². The van der Waals surface area contributed by atoms with E-state index >= 15 is 0 Å². The van der Waals surface area contributed by atoms with Crippen LogP contribution in [0.25, 0.3) is 0 Å². The number of hydrogen-bond donors (Lipinski definition) is 0. The Morgan fingerprint density at radius 1 is 1.00 bits per heavy atom. The van der Waals surface area contributed by atoms with Gasteiger partial charge >= 0.3 is 0 Å². The number of rotatable bonds is 6. The molecule has 1 aliphatic heterocycles. The second kappa shape index (κ2) is 7.38. The third-order valence-corrected chi connectivity index (χ3v) is 11.9. The lowest BCUT2D eigenvalue weighted by Crippen LogP contribution is -2.48. The van der Waals surface area contributed by atoms with Gasteiger partial charge in [0, 0.05) is 6.61 Å². The van der Waals surface area contributed by atoms with Crippen molar-refractivity contribution in [1.82, 2.24) is 0 Å². The lowest BCUT2D eigenvalue weighted by Gasteiger charge is -2.52. The maximum atomic E-state index is 6.50. The quantitative estimate of drug-likeness (QED) is 0.552. The Labute approximate surface area is 170 Å². The molecule has 3 nitrogen and oxygen atoms in total. The third kappa shape index (κ3) is 3.69. The average molecular weight is 399 g/mol. The van der Waals surface area contributed by atoms with E-state index in [9.17, 15) is 0 Å². The van der Waals surface area contributed by atoms with Crippen LogP contribution in [-0.4, -0.2) is 21.7 Å². The molecule has 1 heterocycles. The Kier molecular flexibility index (Phi) is 5.21. The van der Waals surface area contributed by atoms with Crippen LogP contribution < -0.4 is 9.47 Å². The summed E-state index contributed by atoms with van der Waals surface area (Å²) in [5, 5.41) is 0.272. The molecular weight excluding hydrogens is 364 g/mol. The van der Waals surface area contributed by atoms with Crippen LogP contribution in [-0.2, 0) is 10.8 Å². The molecule has 3 aliphatic rings. The fourth-order valence-electron chi connectivity index (χ4n) is 4.62. The van der Waals surface area contributed by atoms with Crippen LogP contribution in [0.2, 0.25) is 18.1 Å². The van der Waals surface area contributed by atoms with Gasteiger partial charge in [0.1, 0.15) is 0 Å². The van der Waals surface area contributed by atoms with E-state index in [2.05, 4.69) is 76.4 Å². The van der Waals surface area contributed by atoms with Crippen LogP contribution in [0.15, 0.2) is 42.5 Å². The molecule has 0 amide bonds. The van der Waals surface area contributed by atoms with Crippen molar-refractivity contribution in [3.63, 3.8) is 0 Å². The molecule has 0 bridgehead atoms. The second-order valence-electron chi connectivity index (χ2n) is 10.0. The van der Waals surface area contributed by atoms with Gasteiger partial charge in [-0.05, 0) is 72.3 Å². The first-order valence-electron chi connectivity index (χ1n) is 10.6. The van der Waals surface area contributed by atoms with Crippen molar-refractivity contribution in [1.29, 1.82) is 0 Å². The highest BCUT2D eigenvalue weighted by molar-refractivity contribution is 6.74. The van der Waals surface area contributed by atoms with E-state index in [0.717, 1.165) is 30.9 Å². The standard InChI is InChI=1S/C24H34O3Si/c1-24(2,3)28(4,5)27-13-12-20-18-8-6-7-9-19(18)21(20)14-17-10-11-22-23(15-17)26-16-25-22/h6-11,15,18-21H,12-14,16H2,1-5H3/t18-,19+,20+,21+/m0/s1. The maximum absolute atomic E-state index is 6.50. The fourth-order valence-corrected chi connectivity index (χ4v) is 5.69. The first-order chi connectivity index (χ1) is 13.3. The molecule has 1 saturated carbocycles. The molecule has 4 atom stereocenters. The van der Waals surface area contributed by atoms with E-state index in [0.29, 0.717) is 30.5 Å². The van der Waals surface area contributed by atoms with Crippen molar-refractivity contribution in [3.8, 4) is 11.5 Å². The molecule has 0 N–H and O–H groups in total. The molecule has 4 rings (SSSR count). The smallest absolute Gasteiger partial charge is 0.231 e. The highest BCUT2D eigenvalue weighted by Gasteiger charge is 2.48. The van der Waals surface area contributed by atoms with Crippen molar-refractivity contribution >= 4 is 8.32 Å². The van der Waals surface area contributed by atoms with E-state index in [1.54, 1.807) is 0 Å². The molecule has 152 valence electrons. The topological polar surface area (TPSA) is 27.7 Å². The summed E-state index contributed by atoms with van der Waals surface area (Å²) in [4.78, 5) is 0. The van der Waals surface area contributed by atoms with E-state index in [4.69, 9.17) is 13.9 Å². The second-order valence-corrected chi connectivity index (χ2v) is 14.9. The highest BCUT2D eigenvalue weighted by atomic mass is 28.4. The van der Waals surface area contributed by atoms with Gasteiger partial charge in [-0.15, -0.1) is 0 Å². The molecule has 0 aromatic heterocycles. The SMILES string of the molecule is CC(C)(C)[Si](C)(C)OCC[C@@H]1[C@H]2C=CC=C[C@H]2[C@H]1Cc1ccc2c(c1)OCO2. The zero-order valence-corrected chi connectivity index (χ0v) is 18.9. The normalized spacial score (nSPS) is 28.2. The van der Waals surface area contributed by atoms with Gasteiger partial charge in [-0.2, -0.15) is 0 Å². The fraction of sp³-hybridized carbons (Fsp3) is 0.583.